The normalized spacial score (nSPS) is 13.4. The molecule has 1 saturated heterocycles. The van der Waals surface area contributed by atoms with Gasteiger partial charge in [-0.05, 0) is 30.3 Å². The summed E-state index contributed by atoms with van der Waals surface area (Å²) in [5.74, 6) is 0.157. The van der Waals surface area contributed by atoms with Crippen LogP contribution in [-0.4, -0.2) is 42.2 Å². The van der Waals surface area contributed by atoms with Gasteiger partial charge in [-0.25, -0.2) is 9.97 Å². The molecule has 2 aromatic carbocycles. The number of amides is 1. The van der Waals surface area contributed by atoms with Gasteiger partial charge in [0.1, 0.15) is 6.42 Å². The third kappa shape index (κ3) is 4.69. The Morgan fingerprint density at radius 2 is 1.91 bits per heavy atom. The van der Waals surface area contributed by atoms with Gasteiger partial charge in [0, 0.05) is 46.7 Å². The van der Waals surface area contributed by atoms with Crippen molar-refractivity contribution in [2.24, 2.45) is 0 Å². The Balaban J connectivity index is 1.40. The van der Waals surface area contributed by atoms with Crippen molar-refractivity contribution in [3.63, 3.8) is 0 Å². The van der Waals surface area contributed by atoms with E-state index in [4.69, 9.17) is 15.0 Å². The second kappa shape index (κ2) is 9.87. The zero-order chi connectivity index (χ0) is 23.3. The van der Waals surface area contributed by atoms with E-state index < -0.39 is 0 Å². The third-order valence-electron chi connectivity index (χ3n) is 5.54. The summed E-state index contributed by atoms with van der Waals surface area (Å²) in [6.45, 7) is 3.29. The molecule has 0 spiro atoms. The van der Waals surface area contributed by atoms with E-state index in [0.717, 1.165) is 53.3 Å². The molecule has 170 valence electrons. The van der Waals surface area contributed by atoms with Crippen LogP contribution in [-0.2, 0) is 9.53 Å². The van der Waals surface area contributed by atoms with Gasteiger partial charge in [0.2, 0.25) is 11.9 Å². The summed E-state index contributed by atoms with van der Waals surface area (Å²) in [4.78, 5) is 23.6. The van der Waals surface area contributed by atoms with E-state index in [1.165, 1.54) is 5.69 Å². The number of benzene rings is 2. The van der Waals surface area contributed by atoms with Crippen molar-refractivity contribution in [1.82, 2.24) is 9.97 Å². The van der Waals surface area contributed by atoms with E-state index in [-0.39, 0.29) is 12.3 Å². The maximum atomic E-state index is 12.0. The first-order chi connectivity index (χ1) is 16.7. The van der Waals surface area contributed by atoms with Gasteiger partial charge in [-0.3, -0.25) is 4.79 Å². The minimum absolute atomic E-state index is 0.195. The molecule has 5 rings (SSSR count). The first-order valence-corrected chi connectivity index (χ1v) is 11.8. The minimum Gasteiger partial charge on any atom is -0.378 e. The number of para-hydroxylation sites is 1. The van der Waals surface area contributed by atoms with E-state index in [1.807, 2.05) is 47.8 Å². The molecule has 0 aliphatic carbocycles. The quantitative estimate of drug-likeness (QED) is 0.418. The second-order valence-corrected chi connectivity index (χ2v) is 8.67. The van der Waals surface area contributed by atoms with E-state index in [2.05, 4.69) is 32.7 Å². The van der Waals surface area contributed by atoms with E-state index in [1.54, 1.807) is 17.5 Å². The molecule has 1 amide bonds. The van der Waals surface area contributed by atoms with Crippen molar-refractivity contribution in [2.45, 2.75) is 6.42 Å². The molecule has 1 aliphatic heterocycles. The van der Waals surface area contributed by atoms with Crippen LogP contribution in [0, 0.1) is 11.3 Å². The van der Waals surface area contributed by atoms with Crippen LogP contribution in [0.5, 0.6) is 0 Å². The van der Waals surface area contributed by atoms with E-state index in [9.17, 15) is 4.79 Å². The fourth-order valence-electron chi connectivity index (χ4n) is 3.88. The Morgan fingerprint density at radius 1 is 1.12 bits per heavy atom. The standard InChI is InChI=1S/C25H22N6O2S/c26-10-9-23(32)29-21-4-2-1-3-19(21)20-16-34-22-15-27-25(30-24(20)22)28-17-5-7-18(8-6-17)31-11-13-33-14-12-31/h1-8,15-16H,9,11-14H2,(H,29,32)(H,27,28,30). The Labute approximate surface area is 200 Å². The summed E-state index contributed by atoms with van der Waals surface area (Å²) in [6, 6.07) is 17.6. The number of carbonyl (C=O) groups is 1. The summed E-state index contributed by atoms with van der Waals surface area (Å²) in [7, 11) is 0. The number of hydrogen-bond donors (Lipinski definition) is 2. The van der Waals surface area contributed by atoms with Crippen LogP contribution in [0.1, 0.15) is 6.42 Å². The number of aromatic nitrogens is 2. The Kier molecular flexibility index (Phi) is 6.33. The number of thiophene rings is 1. The van der Waals surface area contributed by atoms with Crippen LogP contribution in [0.4, 0.5) is 23.0 Å². The van der Waals surface area contributed by atoms with E-state index >= 15 is 0 Å². The van der Waals surface area contributed by atoms with Crippen LogP contribution in [0.15, 0.2) is 60.1 Å². The van der Waals surface area contributed by atoms with Gasteiger partial charge in [-0.15, -0.1) is 11.3 Å². The molecule has 2 aromatic heterocycles. The van der Waals surface area contributed by atoms with Gasteiger partial charge in [-0.1, -0.05) is 18.2 Å². The number of fused-ring (bicyclic) bond motifs is 1. The molecule has 4 aromatic rings. The molecule has 1 aliphatic rings. The van der Waals surface area contributed by atoms with Crippen LogP contribution in [0.2, 0.25) is 0 Å². The molecule has 0 bridgehead atoms. The number of anilines is 4. The first kappa shape index (κ1) is 21.8. The van der Waals surface area contributed by atoms with Gasteiger partial charge in [0.25, 0.3) is 0 Å². The number of ether oxygens (including phenoxy) is 1. The average molecular weight is 471 g/mol. The second-order valence-electron chi connectivity index (χ2n) is 7.76. The first-order valence-electron chi connectivity index (χ1n) is 10.9. The van der Waals surface area contributed by atoms with Crippen molar-refractivity contribution in [2.75, 3.05) is 41.8 Å². The van der Waals surface area contributed by atoms with Crippen molar-refractivity contribution in [3.05, 3.63) is 60.1 Å². The van der Waals surface area contributed by atoms with Gasteiger partial charge in [0.15, 0.2) is 0 Å². The molecule has 3 heterocycles. The molecule has 0 atom stereocenters. The zero-order valence-electron chi connectivity index (χ0n) is 18.3. The molecule has 34 heavy (non-hydrogen) atoms. The fourth-order valence-corrected chi connectivity index (χ4v) is 4.74. The molecular formula is C25H22N6O2S. The van der Waals surface area contributed by atoms with Gasteiger partial charge in [0.05, 0.1) is 35.7 Å². The molecular weight excluding hydrogens is 448 g/mol. The number of hydrogen-bond acceptors (Lipinski definition) is 8. The summed E-state index contributed by atoms with van der Waals surface area (Å²) in [5.41, 5.74) is 5.27. The van der Waals surface area contributed by atoms with Gasteiger partial charge < -0.3 is 20.3 Å². The topological polar surface area (TPSA) is 103 Å². The molecule has 9 heteroatoms. The maximum absolute atomic E-state index is 12.0. The molecule has 8 nitrogen and oxygen atoms in total. The molecule has 0 radical (unpaired) electrons. The lowest BCUT2D eigenvalue weighted by Gasteiger charge is -2.28. The zero-order valence-corrected chi connectivity index (χ0v) is 19.1. The van der Waals surface area contributed by atoms with Crippen molar-refractivity contribution < 1.29 is 9.53 Å². The van der Waals surface area contributed by atoms with Crippen molar-refractivity contribution in [1.29, 1.82) is 5.26 Å². The van der Waals surface area contributed by atoms with Gasteiger partial charge >= 0.3 is 0 Å². The highest BCUT2D eigenvalue weighted by Crippen LogP contribution is 2.37. The highest BCUT2D eigenvalue weighted by molar-refractivity contribution is 7.17. The predicted octanol–water partition coefficient (Wildman–Crippen LogP) is 4.79. The third-order valence-corrected chi connectivity index (χ3v) is 6.45. The minimum atomic E-state index is -0.341. The summed E-state index contributed by atoms with van der Waals surface area (Å²) in [5, 5.41) is 16.9. The molecule has 0 unspecified atom stereocenters. The predicted molar refractivity (Wildman–Crippen MR) is 134 cm³/mol. The van der Waals surface area contributed by atoms with E-state index in [0.29, 0.717) is 11.6 Å². The SMILES string of the molecule is N#CCC(=O)Nc1ccccc1-c1csc2cnc(Nc3ccc(N4CCOCC4)cc3)nc12. The van der Waals surface area contributed by atoms with Crippen LogP contribution < -0.4 is 15.5 Å². The highest BCUT2D eigenvalue weighted by atomic mass is 32.1. The monoisotopic (exact) mass is 470 g/mol. The Hall–Kier alpha value is -4.00. The summed E-state index contributed by atoms with van der Waals surface area (Å²) < 4.78 is 6.37. The fraction of sp³-hybridized carbons (Fsp3) is 0.200. The van der Waals surface area contributed by atoms with Crippen molar-refractivity contribution >= 4 is 50.5 Å². The average Bonchev–Trinajstić information content (AvgIpc) is 3.29. The Morgan fingerprint density at radius 3 is 2.71 bits per heavy atom. The lowest BCUT2D eigenvalue weighted by atomic mass is 10.1. The Bertz CT molecular complexity index is 1360. The van der Waals surface area contributed by atoms with Crippen LogP contribution in [0.25, 0.3) is 21.3 Å². The maximum Gasteiger partial charge on any atom is 0.238 e. The number of nitrogens with one attached hydrogen (secondary N) is 2. The van der Waals surface area contributed by atoms with Gasteiger partial charge in [-0.2, -0.15) is 5.26 Å². The number of carbonyl (C=O) groups excluding carboxylic acids is 1. The summed E-state index contributed by atoms with van der Waals surface area (Å²) in [6.07, 6.45) is 1.61. The molecule has 0 saturated carbocycles. The molecule has 1 fully saturated rings. The lowest BCUT2D eigenvalue weighted by Crippen LogP contribution is -2.36. The smallest absolute Gasteiger partial charge is 0.238 e. The van der Waals surface area contributed by atoms with Crippen LogP contribution in [0.3, 0.4) is 0 Å². The largest absolute Gasteiger partial charge is 0.378 e. The number of nitriles is 1. The number of rotatable bonds is 6. The van der Waals surface area contributed by atoms with Crippen molar-refractivity contribution in [3.8, 4) is 17.2 Å². The summed E-state index contributed by atoms with van der Waals surface area (Å²) >= 11 is 1.55. The number of morpholine rings is 1. The lowest BCUT2D eigenvalue weighted by molar-refractivity contribution is -0.115. The molecule has 2 N–H and O–H groups in total. The van der Waals surface area contributed by atoms with Crippen LogP contribution >= 0.6 is 11.3 Å². The number of nitrogens with zero attached hydrogens (tertiary/aromatic N) is 4. The highest BCUT2D eigenvalue weighted by Gasteiger charge is 2.15.